The predicted molar refractivity (Wildman–Crippen MR) is 118 cm³/mol. The minimum atomic E-state index is -1.65. The lowest BCUT2D eigenvalue weighted by Crippen LogP contribution is -2.57. The summed E-state index contributed by atoms with van der Waals surface area (Å²) in [6, 6.07) is 5.11. The van der Waals surface area contributed by atoms with Crippen LogP contribution in [0.5, 0.6) is 0 Å². The first-order chi connectivity index (χ1) is 15.2. The molecule has 3 atom stereocenters. The molecule has 32 heavy (non-hydrogen) atoms. The van der Waals surface area contributed by atoms with Crippen molar-refractivity contribution in [1.29, 1.82) is 0 Å². The largest absolute Gasteiger partial charge is 0.481 e. The van der Waals surface area contributed by atoms with E-state index in [-0.39, 0.29) is 19.4 Å². The van der Waals surface area contributed by atoms with Crippen molar-refractivity contribution in [1.82, 2.24) is 16.0 Å². The zero-order valence-corrected chi connectivity index (χ0v) is 18.4. The van der Waals surface area contributed by atoms with Crippen LogP contribution in [-0.2, 0) is 30.4 Å². The number of carboxylic acid groups (broad SMARTS) is 2. The third-order valence-electron chi connectivity index (χ3n) is 4.36. The van der Waals surface area contributed by atoms with Crippen LogP contribution in [0.2, 0.25) is 0 Å². The Labute approximate surface area is 189 Å². The Balaban J connectivity index is 2.99. The van der Waals surface area contributed by atoms with Gasteiger partial charge < -0.3 is 31.9 Å². The van der Waals surface area contributed by atoms with E-state index in [0.29, 0.717) is 5.75 Å². The average Bonchev–Trinajstić information content (AvgIpc) is 2.75. The summed E-state index contributed by atoms with van der Waals surface area (Å²) < 4.78 is 0. The number of nitrogens with one attached hydrogen (secondary N) is 3. The lowest BCUT2D eigenvalue weighted by atomic mass is 10.0. The molecule has 0 aromatic heterocycles. The number of carboxylic acids is 2. The van der Waals surface area contributed by atoms with Gasteiger partial charge in [0.2, 0.25) is 17.7 Å². The monoisotopic (exact) mass is 468 g/mol. The highest BCUT2D eigenvalue weighted by Gasteiger charge is 2.30. The molecule has 176 valence electrons. The van der Waals surface area contributed by atoms with Gasteiger partial charge in [-0.25, -0.2) is 4.79 Å². The fourth-order valence-electron chi connectivity index (χ4n) is 2.74. The molecule has 0 heterocycles. The van der Waals surface area contributed by atoms with Gasteiger partial charge in [-0.15, -0.1) is 0 Å². The number of hydrogen-bond donors (Lipinski definition) is 6. The Morgan fingerprint density at radius 1 is 0.938 bits per heavy atom. The molecule has 1 aromatic carbocycles. The Morgan fingerprint density at radius 3 is 2.06 bits per heavy atom. The van der Waals surface area contributed by atoms with Gasteiger partial charge >= 0.3 is 11.9 Å². The molecule has 0 radical (unpaired) electrons. The SMILES string of the molecule is CSCCC(NC(=O)C(Cc1ccccc1)NC(=O)CN)C(=O)NC(CC(=O)O)C(=O)O. The molecule has 3 amide bonds. The number of hydrogen-bond acceptors (Lipinski definition) is 7. The van der Waals surface area contributed by atoms with Crippen LogP contribution in [0.25, 0.3) is 0 Å². The van der Waals surface area contributed by atoms with Gasteiger partial charge in [-0.3, -0.25) is 19.2 Å². The van der Waals surface area contributed by atoms with Gasteiger partial charge in [0, 0.05) is 6.42 Å². The second-order valence-corrected chi connectivity index (χ2v) is 7.84. The lowest BCUT2D eigenvalue weighted by Gasteiger charge is -2.24. The molecule has 0 saturated carbocycles. The van der Waals surface area contributed by atoms with Crippen LogP contribution in [-0.4, -0.2) is 76.6 Å². The van der Waals surface area contributed by atoms with Crippen molar-refractivity contribution in [3.05, 3.63) is 35.9 Å². The van der Waals surface area contributed by atoms with Crippen molar-refractivity contribution in [3.63, 3.8) is 0 Å². The van der Waals surface area contributed by atoms with E-state index >= 15 is 0 Å². The van der Waals surface area contributed by atoms with Crippen molar-refractivity contribution in [2.75, 3.05) is 18.6 Å². The van der Waals surface area contributed by atoms with Gasteiger partial charge in [0.15, 0.2) is 0 Å². The molecule has 11 nitrogen and oxygen atoms in total. The molecule has 1 rings (SSSR count). The molecule has 1 aromatic rings. The van der Waals surface area contributed by atoms with Crippen molar-refractivity contribution in [3.8, 4) is 0 Å². The van der Waals surface area contributed by atoms with E-state index in [2.05, 4.69) is 16.0 Å². The van der Waals surface area contributed by atoms with E-state index < -0.39 is 54.2 Å². The number of carbonyl (C=O) groups is 5. The molecule has 0 aliphatic heterocycles. The molecule has 0 fully saturated rings. The second-order valence-electron chi connectivity index (χ2n) is 6.85. The van der Waals surface area contributed by atoms with Gasteiger partial charge in [-0.1, -0.05) is 30.3 Å². The standard InChI is InChI=1S/C20H28N4O7S/c1-32-8-7-13(18(28)24-15(20(30)31)10-17(26)27)23-19(29)14(22-16(25)11-21)9-12-5-3-2-4-6-12/h2-6,13-15H,7-11,21H2,1H3,(H,22,25)(H,23,29)(H,24,28)(H,26,27)(H,30,31). The average molecular weight is 469 g/mol. The van der Waals surface area contributed by atoms with Crippen LogP contribution in [0.1, 0.15) is 18.4 Å². The zero-order valence-electron chi connectivity index (χ0n) is 17.6. The summed E-state index contributed by atoms with van der Waals surface area (Å²) in [6.07, 6.45) is 1.29. The van der Waals surface area contributed by atoms with Crippen LogP contribution in [0.3, 0.4) is 0 Å². The number of carbonyl (C=O) groups excluding carboxylic acids is 3. The smallest absolute Gasteiger partial charge is 0.326 e. The maximum absolute atomic E-state index is 12.9. The summed E-state index contributed by atoms with van der Waals surface area (Å²) in [7, 11) is 0. The first kappa shape index (κ1) is 26.9. The highest BCUT2D eigenvalue weighted by atomic mass is 32.2. The minimum absolute atomic E-state index is 0.145. The summed E-state index contributed by atoms with van der Waals surface area (Å²) in [6.45, 7) is -0.329. The summed E-state index contributed by atoms with van der Waals surface area (Å²) in [4.78, 5) is 59.5. The molecule has 0 bridgehead atoms. The molecular weight excluding hydrogens is 440 g/mol. The molecule has 0 aliphatic carbocycles. The Morgan fingerprint density at radius 2 is 1.53 bits per heavy atom. The zero-order chi connectivity index (χ0) is 24.1. The highest BCUT2D eigenvalue weighted by molar-refractivity contribution is 7.98. The van der Waals surface area contributed by atoms with Crippen LogP contribution < -0.4 is 21.7 Å². The fraction of sp³-hybridized carbons (Fsp3) is 0.450. The third-order valence-corrected chi connectivity index (χ3v) is 5.00. The molecular formula is C20H28N4O7S. The van der Waals surface area contributed by atoms with Crippen LogP contribution >= 0.6 is 11.8 Å². The van der Waals surface area contributed by atoms with Crippen molar-refractivity contribution < 1.29 is 34.2 Å². The van der Waals surface area contributed by atoms with E-state index in [1.54, 1.807) is 36.6 Å². The van der Waals surface area contributed by atoms with Gasteiger partial charge in [-0.05, 0) is 24.0 Å². The molecule has 0 spiro atoms. The van der Waals surface area contributed by atoms with Crippen LogP contribution in [0.4, 0.5) is 0 Å². The summed E-state index contributed by atoms with van der Waals surface area (Å²) in [5.74, 6) is -4.47. The minimum Gasteiger partial charge on any atom is -0.481 e. The summed E-state index contributed by atoms with van der Waals surface area (Å²) >= 11 is 1.41. The van der Waals surface area contributed by atoms with E-state index in [9.17, 15) is 24.0 Å². The van der Waals surface area contributed by atoms with E-state index in [1.807, 2.05) is 0 Å². The van der Waals surface area contributed by atoms with Crippen molar-refractivity contribution in [2.45, 2.75) is 37.4 Å². The van der Waals surface area contributed by atoms with Gasteiger partial charge in [0.05, 0.1) is 13.0 Å². The van der Waals surface area contributed by atoms with Crippen molar-refractivity contribution >= 4 is 41.4 Å². The molecule has 0 saturated heterocycles. The number of benzene rings is 1. The molecule has 0 aliphatic rings. The number of amides is 3. The van der Waals surface area contributed by atoms with Crippen LogP contribution in [0.15, 0.2) is 30.3 Å². The molecule has 7 N–H and O–H groups in total. The third kappa shape index (κ3) is 9.79. The predicted octanol–water partition coefficient (Wildman–Crippen LogP) is -1.05. The van der Waals surface area contributed by atoms with Crippen LogP contribution in [0, 0.1) is 0 Å². The number of thioether (sulfide) groups is 1. The topological polar surface area (TPSA) is 188 Å². The first-order valence-corrected chi connectivity index (χ1v) is 11.1. The summed E-state index contributed by atoms with van der Waals surface area (Å²) in [5, 5.41) is 25.2. The molecule has 12 heteroatoms. The first-order valence-electron chi connectivity index (χ1n) is 9.75. The van der Waals surface area contributed by atoms with Gasteiger partial charge in [0.25, 0.3) is 0 Å². The van der Waals surface area contributed by atoms with Gasteiger partial charge in [-0.2, -0.15) is 11.8 Å². The Bertz CT molecular complexity index is 806. The maximum Gasteiger partial charge on any atom is 0.326 e. The molecule has 3 unspecified atom stereocenters. The van der Waals surface area contributed by atoms with Crippen molar-refractivity contribution in [2.24, 2.45) is 5.73 Å². The number of nitrogens with two attached hydrogens (primary N) is 1. The van der Waals surface area contributed by atoms with E-state index in [1.165, 1.54) is 11.8 Å². The van der Waals surface area contributed by atoms with Gasteiger partial charge in [0.1, 0.15) is 18.1 Å². The number of aliphatic carboxylic acids is 2. The lowest BCUT2D eigenvalue weighted by molar-refractivity contribution is -0.147. The fourth-order valence-corrected chi connectivity index (χ4v) is 3.21. The Hall–Kier alpha value is -3.12. The normalized spacial score (nSPS) is 13.3. The quantitative estimate of drug-likeness (QED) is 0.198. The van der Waals surface area contributed by atoms with E-state index in [4.69, 9.17) is 15.9 Å². The van der Waals surface area contributed by atoms with E-state index in [0.717, 1.165) is 5.56 Å². The Kier molecular flexibility index (Phi) is 11.8. The summed E-state index contributed by atoms with van der Waals surface area (Å²) in [5.41, 5.74) is 6.10. The maximum atomic E-state index is 12.9. The number of rotatable bonds is 14. The highest BCUT2D eigenvalue weighted by Crippen LogP contribution is 2.07. The second kappa shape index (κ2) is 14.0.